The molecule has 2 heteroatoms. The molecule has 0 spiro atoms. The lowest BCUT2D eigenvalue weighted by molar-refractivity contribution is 0.0881. The van der Waals surface area contributed by atoms with Gasteiger partial charge < -0.3 is 5.11 Å². The van der Waals surface area contributed by atoms with E-state index in [-0.39, 0.29) is 5.92 Å². The summed E-state index contributed by atoms with van der Waals surface area (Å²) in [6, 6.07) is 5.76. The third-order valence-corrected chi connectivity index (χ3v) is 2.76. The van der Waals surface area contributed by atoms with Gasteiger partial charge in [0.05, 0.1) is 11.8 Å². The van der Waals surface area contributed by atoms with Crippen LogP contribution in [0.2, 0.25) is 0 Å². The standard InChI is InChI=1S/C12H19NO/c1-8(2)10(4)12(14)11-7-5-6-9(3)13-11/h5-8,10,12,14H,1-4H3. The molecule has 2 atom stereocenters. The van der Waals surface area contributed by atoms with Crippen molar-refractivity contribution in [3.8, 4) is 0 Å². The number of hydrogen-bond donors (Lipinski definition) is 1. The predicted octanol–water partition coefficient (Wildman–Crippen LogP) is 2.72. The minimum Gasteiger partial charge on any atom is -0.387 e. The van der Waals surface area contributed by atoms with Crippen molar-refractivity contribution in [2.24, 2.45) is 11.8 Å². The highest BCUT2D eigenvalue weighted by atomic mass is 16.3. The summed E-state index contributed by atoms with van der Waals surface area (Å²) in [5, 5.41) is 10.0. The number of rotatable bonds is 3. The molecule has 0 saturated carbocycles. The first-order chi connectivity index (χ1) is 6.52. The van der Waals surface area contributed by atoms with Crippen molar-refractivity contribution in [1.82, 2.24) is 4.98 Å². The van der Waals surface area contributed by atoms with Crippen molar-refractivity contribution in [3.05, 3.63) is 29.6 Å². The van der Waals surface area contributed by atoms with Crippen LogP contribution in [0.15, 0.2) is 18.2 Å². The van der Waals surface area contributed by atoms with Crippen LogP contribution in [0.4, 0.5) is 0 Å². The number of aryl methyl sites for hydroxylation is 1. The van der Waals surface area contributed by atoms with Gasteiger partial charge in [0, 0.05) is 5.69 Å². The van der Waals surface area contributed by atoms with Gasteiger partial charge in [0.15, 0.2) is 0 Å². The number of nitrogens with zero attached hydrogens (tertiary/aromatic N) is 1. The summed E-state index contributed by atoms with van der Waals surface area (Å²) in [7, 11) is 0. The van der Waals surface area contributed by atoms with Crippen LogP contribution in [0.5, 0.6) is 0 Å². The second-order valence-corrected chi connectivity index (χ2v) is 4.25. The highest BCUT2D eigenvalue weighted by Gasteiger charge is 2.20. The van der Waals surface area contributed by atoms with Gasteiger partial charge in [-0.1, -0.05) is 26.8 Å². The Labute approximate surface area is 86.0 Å². The molecule has 0 radical (unpaired) electrons. The van der Waals surface area contributed by atoms with Crippen molar-refractivity contribution in [1.29, 1.82) is 0 Å². The lowest BCUT2D eigenvalue weighted by Gasteiger charge is -2.21. The fourth-order valence-corrected chi connectivity index (χ4v) is 1.36. The molecule has 78 valence electrons. The van der Waals surface area contributed by atoms with Gasteiger partial charge in [-0.15, -0.1) is 0 Å². The Bertz CT molecular complexity index is 296. The normalized spacial score (nSPS) is 15.6. The van der Waals surface area contributed by atoms with Crippen molar-refractivity contribution < 1.29 is 5.11 Å². The maximum Gasteiger partial charge on any atom is 0.0987 e. The van der Waals surface area contributed by atoms with E-state index >= 15 is 0 Å². The highest BCUT2D eigenvalue weighted by Crippen LogP contribution is 2.26. The first-order valence-corrected chi connectivity index (χ1v) is 5.14. The number of aliphatic hydroxyl groups is 1. The third-order valence-electron chi connectivity index (χ3n) is 2.76. The summed E-state index contributed by atoms with van der Waals surface area (Å²) in [4.78, 5) is 4.33. The molecular weight excluding hydrogens is 174 g/mol. The molecule has 14 heavy (non-hydrogen) atoms. The molecule has 1 aromatic heterocycles. The quantitative estimate of drug-likeness (QED) is 0.800. The Kier molecular flexibility index (Phi) is 3.64. The molecule has 2 unspecified atom stereocenters. The van der Waals surface area contributed by atoms with Gasteiger partial charge >= 0.3 is 0 Å². The van der Waals surface area contributed by atoms with E-state index < -0.39 is 6.10 Å². The average molecular weight is 193 g/mol. The summed E-state index contributed by atoms with van der Waals surface area (Å²) in [6.45, 7) is 8.23. The van der Waals surface area contributed by atoms with Gasteiger partial charge in [-0.2, -0.15) is 0 Å². The van der Waals surface area contributed by atoms with Gasteiger partial charge in [-0.3, -0.25) is 4.98 Å². The molecule has 0 aromatic carbocycles. The van der Waals surface area contributed by atoms with Crippen molar-refractivity contribution in [2.75, 3.05) is 0 Å². The predicted molar refractivity (Wildman–Crippen MR) is 57.9 cm³/mol. The monoisotopic (exact) mass is 193 g/mol. The number of aliphatic hydroxyl groups excluding tert-OH is 1. The first-order valence-electron chi connectivity index (χ1n) is 5.14. The topological polar surface area (TPSA) is 33.1 Å². The van der Waals surface area contributed by atoms with Crippen LogP contribution >= 0.6 is 0 Å². The van der Waals surface area contributed by atoms with Crippen LogP contribution in [0.25, 0.3) is 0 Å². The average Bonchev–Trinajstić information content (AvgIpc) is 2.15. The Hall–Kier alpha value is -0.890. The second-order valence-electron chi connectivity index (χ2n) is 4.25. The lowest BCUT2D eigenvalue weighted by atomic mass is 9.90. The summed E-state index contributed by atoms with van der Waals surface area (Å²) in [5.41, 5.74) is 1.74. The molecule has 1 aromatic rings. The van der Waals surface area contributed by atoms with Crippen LogP contribution in [0.1, 0.15) is 38.3 Å². The van der Waals surface area contributed by atoms with Crippen molar-refractivity contribution in [2.45, 2.75) is 33.8 Å². The second kappa shape index (κ2) is 4.56. The largest absolute Gasteiger partial charge is 0.387 e. The fraction of sp³-hybridized carbons (Fsp3) is 0.583. The van der Waals surface area contributed by atoms with E-state index in [0.29, 0.717) is 5.92 Å². The van der Waals surface area contributed by atoms with Crippen LogP contribution in [0, 0.1) is 18.8 Å². The summed E-state index contributed by atoms with van der Waals surface area (Å²) >= 11 is 0. The zero-order chi connectivity index (χ0) is 10.7. The van der Waals surface area contributed by atoms with Crippen molar-refractivity contribution in [3.63, 3.8) is 0 Å². The Morgan fingerprint density at radius 1 is 1.21 bits per heavy atom. The molecule has 0 aliphatic heterocycles. The molecule has 0 aliphatic carbocycles. The van der Waals surface area contributed by atoms with E-state index in [1.54, 1.807) is 0 Å². The van der Waals surface area contributed by atoms with E-state index in [9.17, 15) is 5.11 Å². The Morgan fingerprint density at radius 3 is 2.36 bits per heavy atom. The molecule has 0 aliphatic rings. The van der Waals surface area contributed by atoms with Crippen LogP contribution in [-0.4, -0.2) is 10.1 Å². The van der Waals surface area contributed by atoms with E-state index in [1.165, 1.54) is 0 Å². The van der Waals surface area contributed by atoms with Crippen molar-refractivity contribution >= 4 is 0 Å². The van der Waals surface area contributed by atoms with Crippen LogP contribution in [0.3, 0.4) is 0 Å². The maximum absolute atomic E-state index is 10.0. The van der Waals surface area contributed by atoms with E-state index in [2.05, 4.69) is 25.8 Å². The summed E-state index contributed by atoms with van der Waals surface area (Å²) in [6.07, 6.45) is -0.449. The van der Waals surface area contributed by atoms with Crippen LogP contribution in [-0.2, 0) is 0 Å². The maximum atomic E-state index is 10.0. The molecule has 0 fully saturated rings. The Morgan fingerprint density at radius 2 is 1.86 bits per heavy atom. The Balaban J connectivity index is 2.83. The van der Waals surface area contributed by atoms with Gasteiger partial charge in [-0.05, 0) is 30.9 Å². The SMILES string of the molecule is Cc1cccc(C(O)C(C)C(C)C)n1. The zero-order valence-corrected chi connectivity index (χ0v) is 9.36. The van der Waals surface area contributed by atoms with Gasteiger partial charge in [-0.25, -0.2) is 0 Å². The fourth-order valence-electron chi connectivity index (χ4n) is 1.36. The molecule has 0 saturated heterocycles. The summed E-state index contributed by atoms with van der Waals surface area (Å²) in [5.74, 6) is 0.705. The number of aromatic nitrogens is 1. The smallest absolute Gasteiger partial charge is 0.0987 e. The van der Waals surface area contributed by atoms with Gasteiger partial charge in [0.1, 0.15) is 0 Å². The molecule has 2 nitrogen and oxygen atoms in total. The minimum atomic E-state index is -0.449. The minimum absolute atomic E-state index is 0.240. The lowest BCUT2D eigenvalue weighted by Crippen LogP contribution is -2.16. The van der Waals surface area contributed by atoms with E-state index in [0.717, 1.165) is 11.4 Å². The van der Waals surface area contributed by atoms with E-state index in [1.807, 2.05) is 25.1 Å². The number of pyridine rings is 1. The summed E-state index contributed by atoms with van der Waals surface area (Å²) < 4.78 is 0. The first kappa shape index (κ1) is 11.2. The van der Waals surface area contributed by atoms with Gasteiger partial charge in [0.2, 0.25) is 0 Å². The third kappa shape index (κ3) is 2.55. The molecule has 0 amide bonds. The molecule has 1 rings (SSSR count). The molecule has 0 bridgehead atoms. The molecule has 1 heterocycles. The van der Waals surface area contributed by atoms with Gasteiger partial charge in [0.25, 0.3) is 0 Å². The molecule has 1 N–H and O–H groups in total. The van der Waals surface area contributed by atoms with E-state index in [4.69, 9.17) is 0 Å². The molecular formula is C12H19NO. The number of hydrogen-bond acceptors (Lipinski definition) is 2. The highest BCUT2D eigenvalue weighted by molar-refractivity contribution is 5.12. The zero-order valence-electron chi connectivity index (χ0n) is 9.36. The van der Waals surface area contributed by atoms with Crippen LogP contribution < -0.4 is 0 Å².